The molecule has 7 nitrogen and oxygen atoms in total. The molecular formula is C16H18N6O. The first kappa shape index (κ1) is 13.9. The van der Waals surface area contributed by atoms with Gasteiger partial charge in [0.2, 0.25) is 0 Å². The van der Waals surface area contributed by atoms with E-state index in [4.69, 9.17) is 0 Å². The lowest BCUT2D eigenvalue weighted by Gasteiger charge is -2.26. The first-order valence-corrected chi connectivity index (χ1v) is 7.66. The maximum atomic E-state index is 13.1. The van der Waals surface area contributed by atoms with Crippen LogP contribution < -0.4 is 0 Å². The predicted octanol–water partition coefficient (Wildman–Crippen LogP) is 1.51. The number of rotatable bonds is 1. The van der Waals surface area contributed by atoms with E-state index in [1.165, 1.54) is 0 Å². The van der Waals surface area contributed by atoms with Crippen molar-refractivity contribution in [2.75, 3.05) is 6.54 Å². The fourth-order valence-corrected chi connectivity index (χ4v) is 3.29. The van der Waals surface area contributed by atoms with Crippen molar-refractivity contribution >= 4 is 16.9 Å². The maximum Gasteiger partial charge on any atom is 0.255 e. The molecule has 4 rings (SSSR count). The Morgan fingerprint density at radius 2 is 2.17 bits per heavy atom. The van der Waals surface area contributed by atoms with E-state index in [9.17, 15) is 4.79 Å². The van der Waals surface area contributed by atoms with Crippen molar-refractivity contribution in [3.8, 4) is 0 Å². The van der Waals surface area contributed by atoms with Gasteiger partial charge in [-0.2, -0.15) is 5.10 Å². The highest BCUT2D eigenvalue weighted by atomic mass is 16.2. The van der Waals surface area contributed by atoms with E-state index in [2.05, 4.69) is 20.1 Å². The fourth-order valence-electron chi connectivity index (χ4n) is 3.29. The third kappa shape index (κ3) is 2.11. The zero-order valence-electron chi connectivity index (χ0n) is 13.4. The monoisotopic (exact) mass is 310 g/mol. The van der Waals surface area contributed by atoms with Crippen LogP contribution in [-0.4, -0.2) is 42.1 Å². The molecule has 0 unspecified atom stereocenters. The minimum absolute atomic E-state index is 0.0249. The lowest BCUT2D eigenvalue weighted by Crippen LogP contribution is -2.36. The molecule has 0 aliphatic carbocycles. The molecular weight excluding hydrogens is 292 g/mol. The van der Waals surface area contributed by atoms with Crippen LogP contribution in [0.1, 0.15) is 33.1 Å². The Balaban J connectivity index is 1.79. The Hall–Kier alpha value is -2.70. The van der Waals surface area contributed by atoms with Gasteiger partial charge in [0.05, 0.1) is 40.9 Å². The van der Waals surface area contributed by atoms with Gasteiger partial charge in [-0.25, -0.2) is 9.97 Å². The molecule has 0 bridgehead atoms. The Morgan fingerprint density at radius 3 is 3.00 bits per heavy atom. The maximum absolute atomic E-state index is 13.1. The number of nitrogens with one attached hydrogen (secondary N) is 1. The van der Waals surface area contributed by atoms with E-state index < -0.39 is 0 Å². The number of carbonyl (C=O) groups excluding carboxylic acids is 1. The summed E-state index contributed by atoms with van der Waals surface area (Å²) in [6.45, 7) is 5.07. The molecule has 4 heterocycles. The number of hydrogen-bond donors (Lipinski definition) is 1. The minimum Gasteiger partial charge on any atom is -0.347 e. The van der Waals surface area contributed by atoms with Crippen molar-refractivity contribution < 1.29 is 4.79 Å². The Morgan fingerprint density at radius 1 is 1.35 bits per heavy atom. The number of aromatic amines is 1. The van der Waals surface area contributed by atoms with Gasteiger partial charge in [-0.15, -0.1) is 0 Å². The summed E-state index contributed by atoms with van der Waals surface area (Å²) in [5, 5.41) is 5.26. The molecule has 7 heteroatoms. The van der Waals surface area contributed by atoms with Crippen molar-refractivity contribution in [1.82, 2.24) is 29.6 Å². The number of H-pyrrole nitrogens is 1. The molecule has 0 saturated carbocycles. The first-order chi connectivity index (χ1) is 11.0. The van der Waals surface area contributed by atoms with Crippen LogP contribution in [0, 0.1) is 13.8 Å². The average molecular weight is 310 g/mol. The third-order valence-electron chi connectivity index (χ3n) is 4.39. The highest BCUT2D eigenvalue weighted by Crippen LogP contribution is 2.25. The van der Waals surface area contributed by atoms with Crippen LogP contribution in [0.25, 0.3) is 11.0 Å². The largest absolute Gasteiger partial charge is 0.347 e. The van der Waals surface area contributed by atoms with Crippen molar-refractivity contribution in [2.24, 2.45) is 7.05 Å². The highest BCUT2D eigenvalue weighted by Gasteiger charge is 2.26. The van der Waals surface area contributed by atoms with E-state index in [1.54, 1.807) is 11.0 Å². The summed E-state index contributed by atoms with van der Waals surface area (Å²) in [5.41, 5.74) is 5.17. The van der Waals surface area contributed by atoms with Crippen LogP contribution in [0.15, 0.2) is 12.4 Å². The van der Waals surface area contributed by atoms with Gasteiger partial charge in [0, 0.05) is 25.7 Å². The number of imidazole rings is 1. The number of nitrogens with zero attached hydrogens (tertiary/aromatic N) is 5. The second-order valence-corrected chi connectivity index (χ2v) is 6.02. The van der Waals surface area contributed by atoms with E-state index >= 15 is 0 Å². The lowest BCUT2D eigenvalue weighted by molar-refractivity contribution is 0.0733. The van der Waals surface area contributed by atoms with Gasteiger partial charge in [0.1, 0.15) is 0 Å². The summed E-state index contributed by atoms with van der Waals surface area (Å²) in [6, 6.07) is 1.86. The molecule has 1 aliphatic heterocycles. The van der Waals surface area contributed by atoms with Gasteiger partial charge >= 0.3 is 0 Å². The quantitative estimate of drug-likeness (QED) is 0.739. The van der Waals surface area contributed by atoms with Crippen LogP contribution in [0.5, 0.6) is 0 Å². The Kier molecular flexibility index (Phi) is 2.97. The van der Waals surface area contributed by atoms with Gasteiger partial charge in [-0.3, -0.25) is 9.48 Å². The smallest absolute Gasteiger partial charge is 0.255 e. The molecule has 0 spiro atoms. The van der Waals surface area contributed by atoms with Gasteiger partial charge in [-0.1, -0.05) is 0 Å². The average Bonchev–Trinajstić information content (AvgIpc) is 3.10. The summed E-state index contributed by atoms with van der Waals surface area (Å²) < 4.78 is 1.73. The normalized spacial score (nSPS) is 14.3. The third-order valence-corrected chi connectivity index (χ3v) is 4.39. The fraction of sp³-hybridized carbons (Fsp3) is 0.375. The molecule has 3 aromatic heterocycles. The van der Waals surface area contributed by atoms with Crippen LogP contribution in [0.4, 0.5) is 0 Å². The molecule has 23 heavy (non-hydrogen) atoms. The topological polar surface area (TPSA) is 79.7 Å². The number of pyridine rings is 1. The summed E-state index contributed by atoms with van der Waals surface area (Å²) in [7, 11) is 1.85. The van der Waals surface area contributed by atoms with Crippen molar-refractivity contribution in [3.05, 3.63) is 40.7 Å². The summed E-state index contributed by atoms with van der Waals surface area (Å²) in [4.78, 5) is 26.9. The van der Waals surface area contributed by atoms with E-state index in [1.807, 2.05) is 31.9 Å². The van der Waals surface area contributed by atoms with Crippen LogP contribution in [0.3, 0.4) is 0 Å². The predicted molar refractivity (Wildman–Crippen MR) is 85.0 cm³/mol. The lowest BCUT2D eigenvalue weighted by atomic mass is 10.1. The van der Waals surface area contributed by atoms with Crippen LogP contribution in [0.2, 0.25) is 0 Å². The van der Waals surface area contributed by atoms with E-state index in [-0.39, 0.29) is 5.91 Å². The van der Waals surface area contributed by atoms with Crippen molar-refractivity contribution in [2.45, 2.75) is 26.8 Å². The summed E-state index contributed by atoms with van der Waals surface area (Å²) >= 11 is 0. The molecule has 1 amide bonds. The Bertz CT molecular complexity index is 922. The Labute approximate surface area is 133 Å². The number of hydrogen-bond acceptors (Lipinski definition) is 4. The molecule has 118 valence electrons. The highest BCUT2D eigenvalue weighted by molar-refractivity contribution is 6.06. The van der Waals surface area contributed by atoms with Gasteiger partial charge in [-0.05, 0) is 19.9 Å². The standard InChI is InChI=1S/C16H18N6O/c1-9-6-11(14-10(2)20-21(3)15(14)19-9)16(23)22-5-4-12-13(7-22)18-8-17-12/h6,8H,4-5,7H2,1-3H3,(H,17,18). The second kappa shape index (κ2) is 4.91. The van der Waals surface area contributed by atoms with Crippen molar-refractivity contribution in [3.63, 3.8) is 0 Å². The zero-order chi connectivity index (χ0) is 16.1. The van der Waals surface area contributed by atoms with Gasteiger partial charge in [0.15, 0.2) is 5.65 Å². The molecule has 1 aliphatic rings. The molecule has 0 fully saturated rings. The SMILES string of the molecule is Cc1cc(C(=O)N2CCc3nc[nH]c3C2)c2c(C)nn(C)c2n1. The summed E-state index contributed by atoms with van der Waals surface area (Å²) in [5.74, 6) is 0.0249. The molecule has 0 radical (unpaired) electrons. The zero-order valence-corrected chi connectivity index (χ0v) is 13.4. The molecule has 1 N–H and O–H groups in total. The molecule has 0 saturated heterocycles. The van der Waals surface area contributed by atoms with E-state index in [0.29, 0.717) is 18.7 Å². The van der Waals surface area contributed by atoms with Crippen LogP contribution in [-0.2, 0) is 20.0 Å². The van der Waals surface area contributed by atoms with Crippen molar-refractivity contribution in [1.29, 1.82) is 0 Å². The number of aryl methyl sites for hydroxylation is 3. The number of carbonyl (C=O) groups is 1. The second-order valence-electron chi connectivity index (χ2n) is 6.02. The van der Waals surface area contributed by atoms with Crippen LogP contribution >= 0.6 is 0 Å². The molecule has 3 aromatic rings. The minimum atomic E-state index is 0.0249. The van der Waals surface area contributed by atoms with Gasteiger partial charge < -0.3 is 9.88 Å². The summed E-state index contributed by atoms with van der Waals surface area (Å²) in [6.07, 6.45) is 2.47. The number of amides is 1. The number of fused-ring (bicyclic) bond motifs is 2. The molecule has 0 atom stereocenters. The van der Waals surface area contributed by atoms with E-state index in [0.717, 1.165) is 40.2 Å². The molecule has 0 aromatic carbocycles. The van der Waals surface area contributed by atoms with Gasteiger partial charge in [0.25, 0.3) is 5.91 Å². The first-order valence-electron chi connectivity index (χ1n) is 7.66. The number of aromatic nitrogens is 5.